The molecule has 1 atom stereocenters. The normalized spacial score (nSPS) is 16.4. The summed E-state index contributed by atoms with van der Waals surface area (Å²) in [6.45, 7) is 0.734. The van der Waals surface area contributed by atoms with E-state index >= 15 is 0 Å². The summed E-state index contributed by atoms with van der Waals surface area (Å²) in [6.07, 6.45) is -2.96. The summed E-state index contributed by atoms with van der Waals surface area (Å²) in [7, 11) is 0. The van der Waals surface area contributed by atoms with Crippen molar-refractivity contribution in [3.05, 3.63) is 35.4 Å². The molecule has 1 saturated carbocycles. The molecule has 1 fully saturated rings. The van der Waals surface area contributed by atoms with Gasteiger partial charge in [0.2, 0.25) is 0 Å². The van der Waals surface area contributed by atoms with Crippen molar-refractivity contribution in [2.45, 2.75) is 25.1 Å². The van der Waals surface area contributed by atoms with E-state index in [4.69, 9.17) is 4.74 Å². The van der Waals surface area contributed by atoms with E-state index in [0.29, 0.717) is 12.5 Å². The average molecular weight is 317 g/mol. The molecule has 1 aromatic carbocycles. The van der Waals surface area contributed by atoms with Crippen LogP contribution in [-0.2, 0) is 10.9 Å². The maximum absolute atomic E-state index is 12.4. The van der Waals surface area contributed by atoms with Gasteiger partial charge in [0, 0.05) is 18.7 Å². The fourth-order valence-corrected chi connectivity index (χ4v) is 1.84. The highest BCUT2D eigenvalue weighted by molar-refractivity contribution is 5.94. The molecule has 0 saturated heterocycles. The van der Waals surface area contributed by atoms with Crippen LogP contribution in [0.2, 0.25) is 0 Å². The summed E-state index contributed by atoms with van der Waals surface area (Å²) in [5.41, 5.74) is -0.698. The molecule has 0 heterocycles. The van der Waals surface area contributed by atoms with Gasteiger partial charge in [-0.05, 0) is 43.0 Å². The second-order valence-corrected chi connectivity index (χ2v) is 5.42. The third-order valence-corrected chi connectivity index (χ3v) is 3.33. The quantitative estimate of drug-likeness (QED) is 0.811. The molecule has 0 radical (unpaired) electrons. The van der Waals surface area contributed by atoms with Crippen molar-refractivity contribution in [1.82, 2.24) is 5.32 Å². The van der Waals surface area contributed by atoms with Crippen LogP contribution in [0.1, 0.15) is 28.8 Å². The minimum Gasteiger partial charge on any atom is -0.389 e. The highest BCUT2D eigenvalue weighted by Gasteiger charge is 2.30. The molecule has 1 aliphatic rings. The van der Waals surface area contributed by atoms with Crippen LogP contribution in [0, 0.1) is 5.92 Å². The first-order chi connectivity index (χ1) is 10.4. The van der Waals surface area contributed by atoms with Gasteiger partial charge in [-0.25, -0.2) is 0 Å². The van der Waals surface area contributed by atoms with Crippen LogP contribution >= 0.6 is 0 Å². The largest absolute Gasteiger partial charge is 0.416 e. The van der Waals surface area contributed by atoms with Crippen molar-refractivity contribution >= 4 is 5.91 Å². The van der Waals surface area contributed by atoms with Gasteiger partial charge in [0.1, 0.15) is 0 Å². The summed E-state index contributed by atoms with van der Waals surface area (Å²) in [5, 5.41) is 12.1. The Morgan fingerprint density at radius 3 is 2.50 bits per heavy atom. The lowest BCUT2D eigenvalue weighted by Crippen LogP contribution is -2.34. The van der Waals surface area contributed by atoms with Crippen molar-refractivity contribution < 1.29 is 27.8 Å². The number of benzene rings is 1. The number of ether oxygens (including phenoxy) is 1. The Hall–Kier alpha value is -1.60. The average Bonchev–Trinajstić information content (AvgIpc) is 3.28. The molecule has 4 nitrogen and oxygen atoms in total. The minimum atomic E-state index is -4.43. The molecule has 0 bridgehead atoms. The van der Waals surface area contributed by atoms with Crippen LogP contribution < -0.4 is 5.32 Å². The zero-order valence-electron chi connectivity index (χ0n) is 11.9. The zero-order chi connectivity index (χ0) is 16.2. The van der Waals surface area contributed by atoms with Crippen LogP contribution in [0.4, 0.5) is 13.2 Å². The molecule has 0 aromatic heterocycles. The Balaban J connectivity index is 1.73. The van der Waals surface area contributed by atoms with Crippen LogP contribution in [0.3, 0.4) is 0 Å². The molecule has 2 N–H and O–H groups in total. The fraction of sp³-hybridized carbons (Fsp3) is 0.533. The van der Waals surface area contributed by atoms with Gasteiger partial charge in [-0.1, -0.05) is 0 Å². The number of aliphatic hydroxyl groups excluding tert-OH is 1. The number of halogens is 3. The molecule has 1 aliphatic carbocycles. The third-order valence-electron chi connectivity index (χ3n) is 3.33. The second-order valence-electron chi connectivity index (χ2n) is 5.42. The van der Waals surface area contributed by atoms with E-state index in [2.05, 4.69) is 5.32 Å². The summed E-state index contributed by atoms with van der Waals surface area (Å²) in [5.74, 6) is 0.0592. The fourth-order valence-electron chi connectivity index (χ4n) is 1.84. The molecular formula is C15H18F3NO3. The van der Waals surface area contributed by atoms with E-state index in [9.17, 15) is 23.1 Å². The van der Waals surface area contributed by atoms with E-state index in [1.807, 2.05) is 0 Å². The zero-order valence-corrected chi connectivity index (χ0v) is 11.9. The Morgan fingerprint density at radius 1 is 1.32 bits per heavy atom. The van der Waals surface area contributed by atoms with Gasteiger partial charge in [0.25, 0.3) is 5.91 Å². The van der Waals surface area contributed by atoms with E-state index in [1.165, 1.54) is 0 Å². The van der Waals surface area contributed by atoms with Crippen molar-refractivity contribution in [2.24, 2.45) is 5.92 Å². The predicted molar refractivity (Wildman–Crippen MR) is 73.3 cm³/mol. The lowest BCUT2D eigenvalue weighted by atomic mass is 10.1. The second kappa shape index (κ2) is 7.11. The van der Waals surface area contributed by atoms with E-state index in [1.54, 1.807) is 0 Å². The van der Waals surface area contributed by atoms with Crippen LogP contribution in [-0.4, -0.2) is 36.9 Å². The first-order valence-electron chi connectivity index (χ1n) is 7.07. The number of aliphatic hydroxyl groups is 1. The third kappa shape index (κ3) is 5.31. The first kappa shape index (κ1) is 16.8. The Labute approximate surface area is 126 Å². The number of rotatable bonds is 7. The molecule has 7 heteroatoms. The van der Waals surface area contributed by atoms with Crippen LogP contribution in [0.25, 0.3) is 0 Å². The summed E-state index contributed by atoms with van der Waals surface area (Å²) < 4.78 is 42.5. The smallest absolute Gasteiger partial charge is 0.389 e. The molecule has 122 valence electrons. The van der Waals surface area contributed by atoms with Crippen molar-refractivity contribution in [1.29, 1.82) is 0 Å². The van der Waals surface area contributed by atoms with Gasteiger partial charge < -0.3 is 15.2 Å². The molecule has 1 aromatic rings. The number of carbonyl (C=O) groups is 1. The topological polar surface area (TPSA) is 58.6 Å². The van der Waals surface area contributed by atoms with Gasteiger partial charge in [0.15, 0.2) is 0 Å². The molecular weight excluding hydrogens is 299 g/mol. The van der Waals surface area contributed by atoms with Crippen molar-refractivity contribution in [3.63, 3.8) is 0 Å². The number of hydrogen-bond acceptors (Lipinski definition) is 3. The summed E-state index contributed by atoms with van der Waals surface area (Å²) in [4.78, 5) is 11.8. The highest BCUT2D eigenvalue weighted by Crippen LogP contribution is 2.29. The lowest BCUT2D eigenvalue weighted by molar-refractivity contribution is -0.137. The monoisotopic (exact) mass is 317 g/mol. The van der Waals surface area contributed by atoms with E-state index < -0.39 is 23.8 Å². The number of alkyl halides is 3. The summed E-state index contributed by atoms with van der Waals surface area (Å²) in [6, 6.07) is 3.91. The molecule has 22 heavy (non-hydrogen) atoms. The van der Waals surface area contributed by atoms with E-state index in [0.717, 1.165) is 37.1 Å². The SMILES string of the molecule is O=C(NCC(O)COCC1CC1)c1ccc(C(F)(F)F)cc1. The van der Waals surface area contributed by atoms with Gasteiger partial charge in [0.05, 0.1) is 18.3 Å². The van der Waals surface area contributed by atoms with Crippen LogP contribution in [0.15, 0.2) is 24.3 Å². The number of nitrogens with one attached hydrogen (secondary N) is 1. The Morgan fingerprint density at radius 2 is 1.95 bits per heavy atom. The number of amides is 1. The lowest BCUT2D eigenvalue weighted by Gasteiger charge is -2.12. The van der Waals surface area contributed by atoms with Gasteiger partial charge in [-0.2, -0.15) is 13.2 Å². The van der Waals surface area contributed by atoms with Gasteiger partial charge >= 0.3 is 6.18 Å². The highest BCUT2D eigenvalue weighted by atomic mass is 19.4. The van der Waals surface area contributed by atoms with Crippen molar-refractivity contribution in [2.75, 3.05) is 19.8 Å². The predicted octanol–water partition coefficient (Wildman–Crippen LogP) is 2.22. The Kier molecular flexibility index (Phi) is 5.42. The molecule has 0 spiro atoms. The summed E-state index contributed by atoms with van der Waals surface area (Å²) >= 11 is 0. The maximum Gasteiger partial charge on any atom is 0.416 e. The molecule has 0 aliphatic heterocycles. The number of carbonyl (C=O) groups excluding carboxylic acids is 1. The maximum atomic E-state index is 12.4. The van der Waals surface area contributed by atoms with Gasteiger partial charge in [-0.15, -0.1) is 0 Å². The van der Waals surface area contributed by atoms with Gasteiger partial charge in [-0.3, -0.25) is 4.79 Å². The standard InChI is InChI=1S/C15H18F3NO3/c16-15(17,18)12-5-3-11(4-6-12)14(21)19-7-13(20)9-22-8-10-1-2-10/h3-6,10,13,20H,1-2,7-9H2,(H,19,21). The minimum absolute atomic E-state index is 0.00940. The Bertz CT molecular complexity index is 498. The van der Waals surface area contributed by atoms with E-state index in [-0.39, 0.29) is 18.7 Å². The first-order valence-corrected chi connectivity index (χ1v) is 7.07. The number of hydrogen-bond donors (Lipinski definition) is 2. The van der Waals surface area contributed by atoms with Crippen molar-refractivity contribution in [3.8, 4) is 0 Å². The molecule has 1 amide bonds. The molecule has 1 unspecified atom stereocenters. The molecule has 2 rings (SSSR count). The van der Waals surface area contributed by atoms with Crippen LogP contribution in [0.5, 0.6) is 0 Å².